The summed E-state index contributed by atoms with van der Waals surface area (Å²) in [6.07, 6.45) is 0. The molecule has 29 heavy (non-hydrogen) atoms. The van der Waals surface area contributed by atoms with Crippen molar-refractivity contribution in [3.8, 4) is 17.0 Å². The highest BCUT2D eigenvalue weighted by molar-refractivity contribution is 6.34. The number of hydrogen-bond acceptors (Lipinski definition) is 7. The van der Waals surface area contributed by atoms with Crippen LogP contribution in [0.2, 0.25) is 5.02 Å². The van der Waals surface area contributed by atoms with Gasteiger partial charge in [0.2, 0.25) is 0 Å². The summed E-state index contributed by atoms with van der Waals surface area (Å²) in [5.74, 6) is -1.96. The molecule has 2 heterocycles. The Kier molecular flexibility index (Phi) is 4.56. The molecule has 0 saturated carbocycles. The Bertz CT molecular complexity index is 1130. The number of rotatable bonds is 4. The van der Waals surface area contributed by atoms with Crippen LogP contribution in [0.4, 0.5) is 0 Å². The van der Waals surface area contributed by atoms with Gasteiger partial charge in [-0.05, 0) is 31.2 Å². The average molecular weight is 413 g/mol. The highest BCUT2D eigenvalue weighted by atomic mass is 35.5. The van der Waals surface area contributed by atoms with Crippen molar-refractivity contribution in [2.24, 2.45) is 0 Å². The molecule has 146 valence electrons. The number of amides is 2. The predicted octanol–water partition coefficient (Wildman–Crippen LogP) is 3.68. The normalized spacial score (nSPS) is 12.9. The lowest BCUT2D eigenvalue weighted by Crippen LogP contribution is -2.32. The van der Waals surface area contributed by atoms with Gasteiger partial charge < -0.3 is 14.1 Å². The molecule has 0 bridgehead atoms. The summed E-state index contributed by atoms with van der Waals surface area (Å²) in [6, 6.07) is 11.1. The number of methoxy groups -OCH3 is 1. The lowest BCUT2D eigenvalue weighted by Gasteiger charge is -2.13. The molecule has 4 rings (SSSR count). The molecular weight excluding hydrogens is 400 g/mol. The number of aromatic nitrogens is 1. The summed E-state index contributed by atoms with van der Waals surface area (Å²) in [7, 11) is 1.44. The fraction of sp³-hybridized carbons (Fsp3) is 0.100. The second kappa shape index (κ2) is 7.06. The second-order valence-corrected chi connectivity index (χ2v) is 6.52. The highest BCUT2D eigenvalue weighted by Gasteiger charge is 2.40. The van der Waals surface area contributed by atoms with Gasteiger partial charge in [-0.1, -0.05) is 40.0 Å². The van der Waals surface area contributed by atoms with Gasteiger partial charge in [-0.25, -0.2) is 4.79 Å². The predicted molar refractivity (Wildman–Crippen MR) is 101 cm³/mol. The summed E-state index contributed by atoms with van der Waals surface area (Å²) in [5, 5.41) is 4.59. The van der Waals surface area contributed by atoms with E-state index >= 15 is 0 Å². The fourth-order valence-electron chi connectivity index (χ4n) is 3.07. The van der Waals surface area contributed by atoms with Crippen LogP contribution in [0.3, 0.4) is 0 Å². The van der Waals surface area contributed by atoms with Gasteiger partial charge >= 0.3 is 5.97 Å². The monoisotopic (exact) mass is 412 g/mol. The summed E-state index contributed by atoms with van der Waals surface area (Å²) in [5.41, 5.74) is 0.628. The van der Waals surface area contributed by atoms with Crippen molar-refractivity contribution >= 4 is 29.4 Å². The maximum Gasteiger partial charge on any atom is 0.369 e. The molecule has 1 aliphatic heterocycles. The quantitative estimate of drug-likeness (QED) is 0.602. The first-order valence-electron chi connectivity index (χ1n) is 8.43. The number of imide groups is 1. The van der Waals surface area contributed by atoms with Gasteiger partial charge in [0.15, 0.2) is 0 Å². The first-order valence-corrected chi connectivity index (χ1v) is 8.81. The van der Waals surface area contributed by atoms with Crippen molar-refractivity contribution in [1.82, 2.24) is 10.2 Å². The fourth-order valence-corrected chi connectivity index (χ4v) is 3.32. The largest absolute Gasteiger partial charge is 0.496 e. The SMILES string of the molecule is COc1cccc(Cl)c1-c1noc(C)c1C(=O)ON1C(=O)c2ccccc2C1=O. The van der Waals surface area contributed by atoms with Crippen LogP contribution in [0.1, 0.15) is 36.8 Å². The molecule has 3 aromatic rings. The molecule has 0 radical (unpaired) electrons. The highest BCUT2D eigenvalue weighted by Crippen LogP contribution is 2.38. The number of carbonyl (C=O) groups excluding carboxylic acids is 3. The van der Waals surface area contributed by atoms with E-state index in [2.05, 4.69) is 5.16 Å². The zero-order valence-electron chi connectivity index (χ0n) is 15.3. The van der Waals surface area contributed by atoms with E-state index in [0.29, 0.717) is 16.4 Å². The molecule has 0 aliphatic carbocycles. The van der Waals surface area contributed by atoms with Crippen LogP contribution in [0.5, 0.6) is 5.75 Å². The smallest absolute Gasteiger partial charge is 0.369 e. The van der Waals surface area contributed by atoms with Crippen molar-refractivity contribution in [2.75, 3.05) is 7.11 Å². The van der Waals surface area contributed by atoms with Gasteiger partial charge in [0, 0.05) is 0 Å². The van der Waals surface area contributed by atoms with E-state index < -0.39 is 17.8 Å². The molecule has 2 amide bonds. The van der Waals surface area contributed by atoms with Gasteiger partial charge in [0.1, 0.15) is 22.8 Å². The number of halogens is 1. The molecule has 1 aliphatic rings. The minimum absolute atomic E-state index is 0.0755. The first kappa shape index (κ1) is 18.7. The van der Waals surface area contributed by atoms with Crippen LogP contribution in [-0.2, 0) is 4.84 Å². The van der Waals surface area contributed by atoms with Crippen LogP contribution < -0.4 is 4.74 Å². The molecule has 0 atom stereocenters. The third kappa shape index (κ3) is 2.94. The maximum absolute atomic E-state index is 12.9. The molecule has 0 unspecified atom stereocenters. The number of aryl methyl sites for hydroxylation is 1. The van der Waals surface area contributed by atoms with Gasteiger partial charge in [0.25, 0.3) is 11.8 Å². The minimum atomic E-state index is -0.991. The Balaban J connectivity index is 1.71. The number of fused-ring (bicyclic) bond motifs is 1. The van der Waals surface area contributed by atoms with Gasteiger partial charge in [-0.3, -0.25) is 9.59 Å². The topological polar surface area (TPSA) is 98.9 Å². The van der Waals surface area contributed by atoms with Crippen LogP contribution in [-0.4, -0.2) is 35.1 Å². The Morgan fingerprint density at radius 3 is 2.34 bits per heavy atom. The number of carbonyl (C=O) groups is 3. The Morgan fingerprint density at radius 1 is 1.07 bits per heavy atom. The van der Waals surface area contributed by atoms with E-state index in [1.54, 1.807) is 30.3 Å². The average Bonchev–Trinajstić information content (AvgIpc) is 3.21. The van der Waals surface area contributed by atoms with Gasteiger partial charge in [-0.2, -0.15) is 0 Å². The standard InChI is InChI=1S/C20H13ClN2O6/c1-10-15(17(22-28-10)16-13(21)8-5-9-14(16)27-2)20(26)29-23-18(24)11-6-3-4-7-12(11)19(23)25/h3-9H,1-2H3. The van der Waals surface area contributed by atoms with Crippen molar-refractivity contribution in [3.63, 3.8) is 0 Å². The van der Waals surface area contributed by atoms with Crippen molar-refractivity contribution in [1.29, 1.82) is 0 Å². The van der Waals surface area contributed by atoms with Crippen molar-refractivity contribution < 1.29 is 28.5 Å². The second-order valence-electron chi connectivity index (χ2n) is 6.11. The molecule has 0 fully saturated rings. The minimum Gasteiger partial charge on any atom is -0.496 e. The molecule has 9 heteroatoms. The van der Waals surface area contributed by atoms with Crippen LogP contribution in [0.25, 0.3) is 11.3 Å². The van der Waals surface area contributed by atoms with E-state index in [9.17, 15) is 14.4 Å². The van der Waals surface area contributed by atoms with Crippen molar-refractivity contribution in [3.05, 3.63) is 69.9 Å². The molecule has 0 saturated heterocycles. The Labute approximate surface area is 169 Å². The van der Waals surface area contributed by atoms with Gasteiger partial charge in [0.05, 0.1) is 28.8 Å². The van der Waals surface area contributed by atoms with E-state index in [0.717, 1.165) is 0 Å². The lowest BCUT2D eigenvalue weighted by molar-refractivity contribution is -0.0585. The zero-order chi connectivity index (χ0) is 20.7. The number of ether oxygens (including phenoxy) is 1. The molecular formula is C20H13ClN2O6. The van der Waals surface area contributed by atoms with E-state index in [1.165, 1.54) is 26.2 Å². The zero-order valence-corrected chi connectivity index (χ0v) is 16.0. The van der Waals surface area contributed by atoms with Gasteiger partial charge in [-0.15, -0.1) is 0 Å². The van der Waals surface area contributed by atoms with Crippen LogP contribution >= 0.6 is 11.6 Å². The molecule has 2 aromatic carbocycles. The Hall–Kier alpha value is -3.65. The molecule has 8 nitrogen and oxygen atoms in total. The van der Waals surface area contributed by atoms with Crippen LogP contribution in [0.15, 0.2) is 47.0 Å². The van der Waals surface area contributed by atoms with E-state index in [-0.39, 0.29) is 33.2 Å². The van der Waals surface area contributed by atoms with E-state index in [1.807, 2.05) is 0 Å². The van der Waals surface area contributed by atoms with E-state index in [4.69, 9.17) is 25.7 Å². The maximum atomic E-state index is 12.9. The van der Waals surface area contributed by atoms with Crippen LogP contribution in [0, 0.1) is 6.92 Å². The molecule has 0 N–H and O–H groups in total. The lowest BCUT2D eigenvalue weighted by atomic mass is 10.1. The third-order valence-electron chi connectivity index (χ3n) is 4.43. The number of benzene rings is 2. The summed E-state index contributed by atoms with van der Waals surface area (Å²) in [4.78, 5) is 42.9. The number of hydroxylamine groups is 2. The first-order chi connectivity index (χ1) is 13.9. The Morgan fingerprint density at radius 2 is 1.72 bits per heavy atom. The summed E-state index contributed by atoms with van der Waals surface area (Å²) < 4.78 is 10.4. The summed E-state index contributed by atoms with van der Waals surface area (Å²) in [6.45, 7) is 1.50. The van der Waals surface area contributed by atoms with Crippen molar-refractivity contribution in [2.45, 2.75) is 6.92 Å². The number of hydrogen-bond donors (Lipinski definition) is 0. The molecule has 1 aromatic heterocycles. The number of nitrogens with zero attached hydrogens (tertiary/aromatic N) is 2. The third-order valence-corrected chi connectivity index (χ3v) is 4.74. The summed E-state index contributed by atoms with van der Waals surface area (Å²) >= 11 is 6.27. The molecule has 0 spiro atoms.